The van der Waals surface area contributed by atoms with E-state index in [2.05, 4.69) is 5.32 Å². The van der Waals surface area contributed by atoms with Gasteiger partial charge in [-0.25, -0.2) is 0 Å². The Morgan fingerprint density at radius 2 is 2.33 bits per heavy atom. The molecule has 1 saturated heterocycles. The molecule has 15 heavy (non-hydrogen) atoms. The van der Waals surface area contributed by atoms with Gasteiger partial charge in [0.25, 0.3) is 0 Å². The molecular formula is C11H15N2O2. The first-order chi connectivity index (χ1) is 7.25. The van der Waals surface area contributed by atoms with Gasteiger partial charge in [-0.05, 0) is 18.6 Å². The molecule has 1 aromatic carbocycles. The van der Waals surface area contributed by atoms with E-state index in [1.54, 1.807) is 24.8 Å². The van der Waals surface area contributed by atoms with Crippen LogP contribution in [0.1, 0.15) is 6.42 Å². The molecule has 1 fully saturated rings. The van der Waals surface area contributed by atoms with Crippen LogP contribution in [0.5, 0.6) is 5.75 Å². The van der Waals surface area contributed by atoms with Crippen molar-refractivity contribution in [3.8, 4) is 5.75 Å². The summed E-state index contributed by atoms with van der Waals surface area (Å²) in [5.41, 5.74) is 6.74. The molecule has 2 atom stereocenters. The van der Waals surface area contributed by atoms with E-state index in [0.717, 1.165) is 12.1 Å². The number of hydrogen-bond acceptors (Lipinski definition) is 4. The highest BCUT2D eigenvalue weighted by Crippen LogP contribution is 2.19. The quantitative estimate of drug-likeness (QED) is 0.679. The van der Waals surface area contributed by atoms with Crippen molar-refractivity contribution in [3.05, 3.63) is 30.9 Å². The number of anilines is 1. The molecule has 1 aromatic rings. The van der Waals surface area contributed by atoms with Gasteiger partial charge in [-0.3, -0.25) is 0 Å². The fourth-order valence-corrected chi connectivity index (χ4v) is 1.64. The normalized spacial score (nSPS) is 26.2. The highest BCUT2D eigenvalue weighted by molar-refractivity contribution is 5.48. The summed E-state index contributed by atoms with van der Waals surface area (Å²) in [6.45, 7) is 2.34. The number of benzene rings is 1. The van der Waals surface area contributed by atoms with E-state index < -0.39 is 0 Å². The van der Waals surface area contributed by atoms with Crippen LogP contribution in [0.3, 0.4) is 0 Å². The van der Waals surface area contributed by atoms with E-state index in [0.29, 0.717) is 6.61 Å². The Labute approximate surface area is 89.0 Å². The monoisotopic (exact) mass is 207 g/mol. The average molecular weight is 207 g/mol. The third-order valence-corrected chi connectivity index (χ3v) is 2.46. The zero-order valence-electron chi connectivity index (χ0n) is 8.39. The van der Waals surface area contributed by atoms with Gasteiger partial charge in [0.05, 0.1) is 6.04 Å². The van der Waals surface area contributed by atoms with Crippen LogP contribution >= 0.6 is 0 Å². The number of phenolic OH excluding ortho intramolecular Hbond substituents is 1. The second kappa shape index (κ2) is 4.51. The molecule has 2 rings (SSSR count). The lowest BCUT2D eigenvalue weighted by molar-refractivity contribution is 0.134. The first kappa shape index (κ1) is 10.3. The molecule has 4 N–H and O–H groups in total. The van der Waals surface area contributed by atoms with E-state index >= 15 is 0 Å². The van der Waals surface area contributed by atoms with Gasteiger partial charge in [0.1, 0.15) is 12.4 Å². The minimum atomic E-state index is -0.110. The second-order valence-electron chi connectivity index (χ2n) is 3.67. The minimum absolute atomic E-state index is 0.110. The van der Waals surface area contributed by atoms with Crippen LogP contribution in [-0.4, -0.2) is 23.8 Å². The maximum atomic E-state index is 9.30. The zero-order valence-corrected chi connectivity index (χ0v) is 8.39. The van der Waals surface area contributed by atoms with Crippen LogP contribution < -0.4 is 11.1 Å². The van der Waals surface area contributed by atoms with Crippen LogP contribution in [0.2, 0.25) is 0 Å². The van der Waals surface area contributed by atoms with Crippen molar-refractivity contribution in [1.82, 2.24) is 0 Å². The van der Waals surface area contributed by atoms with Crippen molar-refractivity contribution < 1.29 is 9.84 Å². The Balaban J connectivity index is 2.01. The highest BCUT2D eigenvalue weighted by Gasteiger charge is 2.22. The summed E-state index contributed by atoms with van der Waals surface area (Å²) in [5, 5.41) is 12.6. The summed E-state index contributed by atoms with van der Waals surface area (Å²) in [7, 11) is 0. The average Bonchev–Trinajstić information content (AvgIpc) is 2.22. The fourth-order valence-electron chi connectivity index (χ4n) is 1.64. The third kappa shape index (κ3) is 2.61. The van der Waals surface area contributed by atoms with Crippen molar-refractivity contribution in [3.63, 3.8) is 0 Å². The van der Waals surface area contributed by atoms with Crippen LogP contribution in [0, 0.1) is 6.61 Å². The molecule has 2 unspecified atom stereocenters. The smallest absolute Gasteiger partial charge is 0.117 e. The molecule has 0 spiro atoms. The molecule has 1 aliphatic rings. The zero-order chi connectivity index (χ0) is 10.7. The fraction of sp³-hybridized carbons (Fsp3) is 0.364. The number of hydrogen-bond donors (Lipinski definition) is 3. The van der Waals surface area contributed by atoms with E-state index in [-0.39, 0.29) is 17.8 Å². The number of ether oxygens (including phenoxy) is 1. The van der Waals surface area contributed by atoms with Crippen molar-refractivity contribution in [1.29, 1.82) is 0 Å². The van der Waals surface area contributed by atoms with Crippen molar-refractivity contribution in [2.75, 3.05) is 11.9 Å². The molecule has 1 radical (unpaired) electrons. The Morgan fingerprint density at radius 1 is 1.47 bits per heavy atom. The van der Waals surface area contributed by atoms with Gasteiger partial charge in [-0.2, -0.15) is 0 Å². The van der Waals surface area contributed by atoms with Crippen LogP contribution in [0.25, 0.3) is 0 Å². The third-order valence-electron chi connectivity index (χ3n) is 2.46. The predicted octanol–water partition coefficient (Wildman–Crippen LogP) is 1.08. The Morgan fingerprint density at radius 3 is 3.07 bits per heavy atom. The predicted molar refractivity (Wildman–Crippen MR) is 58.4 cm³/mol. The van der Waals surface area contributed by atoms with Crippen molar-refractivity contribution in [2.24, 2.45) is 5.73 Å². The minimum Gasteiger partial charge on any atom is -0.508 e. The van der Waals surface area contributed by atoms with Gasteiger partial charge in [0.2, 0.25) is 0 Å². The summed E-state index contributed by atoms with van der Waals surface area (Å²) in [6, 6.07) is 7.08. The van der Waals surface area contributed by atoms with Crippen LogP contribution in [0.4, 0.5) is 5.69 Å². The first-order valence-corrected chi connectivity index (χ1v) is 5.02. The topological polar surface area (TPSA) is 67.5 Å². The molecule has 0 bridgehead atoms. The van der Waals surface area contributed by atoms with Gasteiger partial charge in [-0.1, -0.05) is 6.07 Å². The van der Waals surface area contributed by atoms with Gasteiger partial charge in [0.15, 0.2) is 0 Å². The van der Waals surface area contributed by atoms with Gasteiger partial charge in [-0.15, -0.1) is 0 Å². The number of nitrogens with one attached hydrogen (secondary N) is 1. The maximum absolute atomic E-state index is 9.30. The largest absolute Gasteiger partial charge is 0.508 e. The molecule has 81 valence electrons. The lowest BCUT2D eigenvalue weighted by Gasteiger charge is -2.29. The summed E-state index contributed by atoms with van der Waals surface area (Å²) >= 11 is 0. The van der Waals surface area contributed by atoms with E-state index in [1.165, 1.54) is 0 Å². The number of rotatable bonds is 2. The number of phenols is 1. The Kier molecular flexibility index (Phi) is 3.08. The summed E-state index contributed by atoms with van der Waals surface area (Å²) in [4.78, 5) is 0. The molecular weight excluding hydrogens is 192 g/mol. The highest BCUT2D eigenvalue weighted by atomic mass is 16.5. The van der Waals surface area contributed by atoms with E-state index in [4.69, 9.17) is 10.5 Å². The molecule has 1 aliphatic heterocycles. The molecule has 1 heterocycles. The molecule has 0 aliphatic carbocycles. The number of nitrogens with two attached hydrogens (primary N) is 1. The molecule has 0 saturated carbocycles. The summed E-state index contributed by atoms with van der Waals surface area (Å²) < 4.78 is 5.13. The SMILES string of the molecule is NC1[CH]OCCC1Nc1cccc(O)c1. The van der Waals surface area contributed by atoms with E-state index in [9.17, 15) is 5.11 Å². The Hall–Kier alpha value is -1.26. The Bertz CT molecular complexity index is 330. The molecule has 0 amide bonds. The summed E-state index contributed by atoms with van der Waals surface area (Å²) in [6.07, 6.45) is 0.868. The van der Waals surface area contributed by atoms with E-state index in [1.807, 2.05) is 6.07 Å². The lowest BCUT2D eigenvalue weighted by Crippen LogP contribution is -2.45. The molecule has 0 aromatic heterocycles. The second-order valence-corrected chi connectivity index (χ2v) is 3.67. The van der Waals surface area contributed by atoms with Gasteiger partial charge in [0, 0.05) is 24.4 Å². The van der Waals surface area contributed by atoms with Gasteiger partial charge >= 0.3 is 0 Å². The van der Waals surface area contributed by atoms with Crippen LogP contribution in [-0.2, 0) is 4.74 Å². The van der Waals surface area contributed by atoms with Crippen molar-refractivity contribution in [2.45, 2.75) is 18.5 Å². The molecule has 4 nitrogen and oxygen atoms in total. The number of aromatic hydroxyl groups is 1. The van der Waals surface area contributed by atoms with Crippen LogP contribution in [0.15, 0.2) is 24.3 Å². The van der Waals surface area contributed by atoms with Gasteiger partial charge < -0.3 is 20.9 Å². The standard InChI is InChI=1S/C11H15N2O2/c12-10-7-15-5-4-11(10)13-8-2-1-3-9(14)6-8/h1-3,6-7,10-11,13-14H,4-5,12H2. The summed E-state index contributed by atoms with van der Waals surface area (Å²) in [5.74, 6) is 0.254. The lowest BCUT2D eigenvalue weighted by atomic mass is 10.0. The first-order valence-electron chi connectivity index (χ1n) is 5.02. The maximum Gasteiger partial charge on any atom is 0.117 e. The molecule has 4 heteroatoms. The van der Waals surface area contributed by atoms with Crippen molar-refractivity contribution >= 4 is 5.69 Å².